The molecule has 0 saturated carbocycles. The highest BCUT2D eigenvalue weighted by Crippen LogP contribution is 2.06. The summed E-state index contributed by atoms with van der Waals surface area (Å²) in [7, 11) is 1.72. The molecule has 0 atom stereocenters. The van der Waals surface area contributed by atoms with Gasteiger partial charge in [-0.15, -0.1) is 24.0 Å². The minimum absolute atomic E-state index is 0. The van der Waals surface area contributed by atoms with Crippen LogP contribution in [-0.2, 0) is 11.3 Å². The first kappa shape index (κ1) is 22.5. The maximum absolute atomic E-state index is 11.5. The Kier molecular flexibility index (Phi) is 10.4. The minimum atomic E-state index is -0.483. The average molecular weight is 448 g/mol. The molecular formula is C17H29IN4O2. The van der Waals surface area contributed by atoms with E-state index in [0.717, 1.165) is 0 Å². The van der Waals surface area contributed by atoms with Crippen molar-refractivity contribution in [1.82, 2.24) is 16.0 Å². The topological polar surface area (TPSA) is 74.8 Å². The summed E-state index contributed by atoms with van der Waals surface area (Å²) < 4.78 is 5.16. The van der Waals surface area contributed by atoms with E-state index in [9.17, 15) is 4.79 Å². The number of nitrogens with one attached hydrogen (secondary N) is 3. The summed E-state index contributed by atoms with van der Waals surface area (Å²) in [5.41, 5.74) is 1.94. The summed E-state index contributed by atoms with van der Waals surface area (Å²) in [5, 5.41) is 9.07. The highest BCUT2D eigenvalue weighted by molar-refractivity contribution is 14.0. The number of halogens is 1. The molecule has 0 aliphatic rings. The number of ether oxygens (including phenoxy) is 1. The van der Waals surface area contributed by atoms with Crippen molar-refractivity contribution < 1.29 is 9.53 Å². The van der Waals surface area contributed by atoms with E-state index < -0.39 is 11.7 Å². The smallest absolute Gasteiger partial charge is 0.407 e. The van der Waals surface area contributed by atoms with Crippen molar-refractivity contribution in [2.75, 3.05) is 20.1 Å². The number of carbonyl (C=O) groups excluding carboxylic acids is 1. The molecule has 3 N–H and O–H groups in total. The van der Waals surface area contributed by atoms with Gasteiger partial charge in [-0.05, 0) is 33.3 Å². The molecule has 0 aliphatic heterocycles. The van der Waals surface area contributed by atoms with Crippen LogP contribution in [0.1, 0.15) is 31.9 Å². The van der Waals surface area contributed by atoms with Gasteiger partial charge in [-0.25, -0.2) is 4.79 Å². The van der Waals surface area contributed by atoms with Crippen LogP contribution < -0.4 is 16.0 Å². The third-order valence-corrected chi connectivity index (χ3v) is 2.85. The first-order valence-electron chi connectivity index (χ1n) is 7.77. The van der Waals surface area contributed by atoms with Crippen LogP contribution in [0.25, 0.3) is 0 Å². The Labute approximate surface area is 161 Å². The molecular weight excluding hydrogens is 419 g/mol. The molecule has 7 heteroatoms. The van der Waals surface area contributed by atoms with Gasteiger partial charge < -0.3 is 20.7 Å². The largest absolute Gasteiger partial charge is 0.444 e. The molecule has 0 radical (unpaired) electrons. The third-order valence-electron chi connectivity index (χ3n) is 2.85. The first-order chi connectivity index (χ1) is 10.8. The number of aliphatic imine (C=N–C) groups is 1. The molecule has 0 aromatic heterocycles. The standard InChI is InChI=1S/C17H28N4O2.HI/c1-13-7-6-8-14(11-13)12-21-15(18-5)19-9-10-20-16(22)23-17(2,3)4;/h6-8,11H,9-10,12H2,1-5H3,(H,20,22)(H2,18,19,21);1H. The maximum Gasteiger partial charge on any atom is 0.407 e. The normalized spacial score (nSPS) is 11.3. The number of carbonyl (C=O) groups is 1. The van der Waals surface area contributed by atoms with Gasteiger partial charge >= 0.3 is 6.09 Å². The lowest BCUT2D eigenvalue weighted by Gasteiger charge is -2.20. The van der Waals surface area contributed by atoms with Crippen molar-refractivity contribution in [3.8, 4) is 0 Å². The number of aryl methyl sites for hydroxylation is 1. The molecule has 0 fully saturated rings. The van der Waals surface area contributed by atoms with Crippen LogP contribution >= 0.6 is 24.0 Å². The van der Waals surface area contributed by atoms with Crippen LogP contribution in [0.5, 0.6) is 0 Å². The van der Waals surface area contributed by atoms with Gasteiger partial charge in [-0.3, -0.25) is 4.99 Å². The molecule has 0 unspecified atom stereocenters. The van der Waals surface area contributed by atoms with Crippen molar-refractivity contribution in [1.29, 1.82) is 0 Å². The Hall–Kier alpha value is -1.51. The second-order valence-electron chi connectivity index (χ2n) is 6.27. The number of alkyl carbamates (subject to hydrolysis) is 1. The zero-order valence-electron chi connectivity index (χ0n) is 15.1. The number of amides is 1. The summed E-state index contributed by atoms with van der Waals surface area (Å²) in [6.07, 6.45) is -0.415. The lowest BCUT2D eigenvalue weighted by molar-refractivity contribution is 0.0529. The van der Waals surface area contributed by atoms with Gasteiger partial charge in [0.1, 0.15) is 5.60 Å². The molecule has 6 nitrogen and oxygen atoms in total. The van der Waals surface area contributed by atoms with Crippen LogP contribution in [-0.4, -0.2) is 37.8 Å². The fraction of sp³-hybridized carbons (Fsp3) is 0.529. The fourth-order valence-corrected chi connectivity index (χ4v) is 1.89. The average Bonchev–Trinajstić information content (AvgIpc) is 2.44. The minimum Gasteiger partial charge on any atom is -0.444 e. The predicted molar refractivity (Wildman–Crippen MR) is 109 cm³/mol. The molecule has 1 aromatic carbocycles. The van der Waals surface area contributed by atoms with Gasteiger partial charge in [0.25, 0.3) is 0 Å². The fourth-order valence-electron chi connectivity index (χ4n) is 1.89. The van der Waals surface area contributed by atoms with Gasteiger partial charge in [0.15, 0.2) is 5.96 Å². The molecule has 1 rings (SSSR count). The number of benzene rings is 1. The Bertz CT molecular complexity index is 542. The maximum atomic E-state index is 11.5. The van der Waals surface area contributed by atoms with Crippen LogP contribution in [0, 0.1) is 6.92 Å². The molecule has 0 aliphatic carbocycles. The summed E-state index contributed by atoms with van der Waals surface area (Å²) >= 11 is 0. The summed E-state index contributed by atoms with van der Waals surface area (Å²) in [5.74, 6) is 0.692. The summed E-state index contributed by atoms with van der Waals surface area (Å²) in [6.45, 7) is 9.29. The SMILES string of the molecule is CN=C(NCCNC(=O)OC(C)(C)C)NCc1cccc(C)c1.I. The van der Waals surface area contributed by atoms with E-state index in [0.29, 0.717) is 25.6 Å². The van der Waals surface area contributed by atoms with Gasteiger partial charge in [0, 0.05) is 26.7 Å². The molecule has 0 saturated heterocycles. The van der Waals surface area contributed by atoms with E-state index in [-0.39, 0.29) is 24.0 Å². The molecule has 1 amide bonds. The van der Waals surface area contributed by atoms with Gasteiger partial charge in [-0.2, -0.15) is 0 Å². The highest BCUT2D eigenvalue weighted by Gasteiger charge is 2.15. The number of guanidine groups is 1. The van der Waals surface area contributed by atoms with E-state index in [4.69, 9.17) is 4.74 Å². The zero-order valence-corrected chi connectivity index (χ0v) is 17.4. The van der Waals surface area contributed by atoms with E-state index >= 15 is 0 Å². The quantitative estimate of drug-likeness (QED) is 0.280. The molecule has 24 heavy (non-hydrogen) atoms. The first-order valence-corrected chi connectivity index (χ1v) is 7.77. The van der Waals surface area contributed by atoms with Crippen LogP contribution in [0.2, 0.25) is 0 Å². The Balaban J connectivity index is 0.00000529. The van der Waals surface area contributed by atoms with E-state index in [1.54, 1.807) is 7.05 Å². The Morgan fingerprint density at radius 2 is 1.83 bits per heavy atom. The lowest BCUT2D eigenvalue weighted by Crippen LogP contribution is -2.42. The molecule has 136 valence electrons. The summed E-state index contributed by atoms with van der Waals surface area (Å²) in [6, 6.07) is 8.30. The number of nitrogens with zero attached hydrogens (tertiary/aromatic N) is 1. The molecule has 1 aromatic rings. The summed E-state index contributed by atoms with van der Waals surface area (Å²) in [4.78, 5) is 15.7. The van der Waals surface area contributed by atoms with E-state index in [1.165, 1.54) is 11.1 Å². The van der Waals surface area contributed by atoms with Crippen molar-refractivity contribution in [3.05, 3.63) is 35.4 Å². The number of hydrogen-bond donors (Lipinski definition) is 3. The van der Waals surface area contributed by atoms with Crippen LogP contribution in [0.15, 0.2) is 29.3 Å². The van der Waals surface area contributed by atoms with Crippen LogP contribution in [0.3, 0.4) is 0 Å². The molecule has 0 spiro atoms. The Morgan fingerprint density at radius 1 is 1.17 bits per heavy atom. The lowest BCUT2D eigenvalue weighted by atomic mass is 10.1. The van der Waals surface area contributed by atoms with Gasteiger partial charge in [0.05, 0.1) is 0 Å². The molecule has 0 bridgehead atoms. The number of hydrogen-bond acceptors (Lipinski definition) is 3. The third kappa shape index (κ3) is 10.3. The van der Waals surface area contributed by atoms with Crippen molar-refractivity contribution in [3.63, 3.8) is 0 Å². The van der Waals surface area contributed by atoms with Crippen molar-refractivity contribution >= 4 is 36.0 Å². The van der Waals surface area contributed by atoms with E-state index in [2.05, 4.69) is 46.1 Å². The van der Waals surface area contributed by atoms with Crippen molar-refractivity contribution in [2.24, 2.45) is 4.99 Å². The van der Waals surface area contributed by atoms with Crippen molar-refractivity contribution in [2.45, 2.75) is 39.8 Å². The van der Waals surface area contributed by atoms with Gasteiger partial charge in [0.2, 0.25) is 0 Å². The molecule has 0 heterocycles. The second-order valence-corrected chi connectivity index (χ2v) is 6.27. The predicted octanol–water partition coefficient (Wildman–Crippen LogP) is 2.80. The highest BCUT2D eigenvalue weighted by atomic mass is 127. The Morgan fingerprint density at radius 3 is 2.42 bits per heavy atom. The second kappa shape index (κ2) is 11.1. The van der Waals surface area contributed by atoms with Crippen LogP contribution in [0.4, 0.5) is 4.79 Å². The number of rotatable bonds is 5. The monoisotopic (exact) mass is 448 g/mol. The van der Waals surface area contributed by atoms with E-state index in [1.807, 2.05) is 26.8 Å². The van der Waals surface area contributed by atoms with Gasteiger partial charge in [-0.1, -0.05) is 29.8 Å². The zero-order chi connectivity index (χ0) is 17.3.